The molecule has 0 aliphatic rings. The summed E-state index contributed by atoms with van der Waals surface area (Å²) in [5.74, 6) is 0.500. The largest absolute Gasteiger partial charge is 0.494 e. The van der Waals surface area contributed by atoms with Gasteiger partial charge < -0.3 is 14.8 Å². The van der Waals surface area contributed by atoms with Crippen LogP contribution >= 0.6 is 0 Å². The lowest BCUT2D eigenvalue weighted by atomic mass is 9.89. The Balaban J connectivity index is 2.39. The smallest absolute Gasteiger partial charge is 0.309 e. The van der Waals surface area contributed by atoms with Crippen LogP contribution in [0.4, 0.5) is 0 Å². The standard InChI is InChI=1S/C13H16N2O3/c1-13(2,12(16)17)7-10-14-8-5-4-6-9(18-3)11(8)15-10/h4-6H,7H2,1-3H3,(H,14,15)(H,16,17). The molecule has 0 atom stereocenters. The van der Waals surface area contributed by atoms with E-state index >= 15 is 0 Å². The van der Waals surface area contributed by atoms with E-state index in [0.717, 1.165) is 11.0 Å². The van der Waals surface area contributed by atoms with Crippen molar-refractivity contribution in [3.05, 3.63) is 24.0 Å². The van der Waals surface area contributed by atoms with Gasteiger partial charge in [-0.15, -0.1) is 0 Å². The zero-order valence-electron chi connectivity index (χ0n) is 10.7. The third-order valence-electron chi connectivity index (χ3n) is 2.93. The Kier molecular flexibility index (Phi) is 2.98. The van der Waals surface area contributed by atoms with Crippen LogP contribution in [0.5, 0.6) is 5.75 Å². The number of hydrogen-bond donors (Lipinski definition) is 2. The average Bonchev–Trinajstić information content (AvgIpc) is 2.69. The molecule has 0 radical (unpaired) electrons. The number of para-hydroxylation sites is 1. The number of ether oxygens (including phenoxy) is 1. The molecule has 2 rings (SSSR count). The predicted octanol–water partition coefficient (Wildman–Crippen LogP) is 2.22. The highest BCUT2D eigenvalue weighted by Gasteiger charge is 2.28. The van der Waals surface area contributed by atoms with Crippen LogP contribution in [0.25, 0.3) is 11.0 Å². The first-order chi connectivity index (χ1) is 8.44. The van der Waals surface area contributed by atoms with Crippen LogP contribution in [-0.4, -0.2) is 28.2 Å². The number of imidazole rings is 1. The van der Waals surface area contributed by atoms with E-state index in [2.05, 4.69) is 9.97 Å². The SMILES string of the molecule is COc1cccc2[nH]c(CC(C)(C)C(=O)O)nc12. The third-order valence-corrected chi connectivity index (χ3v) is 2.93. The van der Waals surface area contributed by atoms with Gasteiger partial charge in [0.2, 0.25) is 0 Å². The van der Waals surface area contributed by atoms with Crippen LogP contribution in [-0.2, 0) is 11.2 Å². The van der Waals surface area contributed by atoms with Gasteiger partial charge in [-0.2, -0.15) is 0 Å². The quantitative estimate of drug-likeness (QED) is 0.870. The van der Waals surface area contributed by atoms with Crippen LogP contribution in [0.2, 0.25) is 0 Å². The van der Waals surface area contributed by atoms with Crippen molar-refractivity contribution >= 4 is 17.0 Å². The fraction of sp³-hybridized carbons (Fsp3) is 0.385. The van der Waals surface area contributed by atoms with Gasteiger partial charge in [0.25, 0.3) is 0 Å². The van der Waals surface area contributed by atoms with Crippen molar-refractivity contribution in [1.29, 1.82) is 0 Å². The highest BCUT2D eigenvalue weighted by atomic mass is 16.5. The number of carboxylic acids is 1. The van der Waals surface area contributed by atoms with Crippen LogP contribution < -0.4 is 4.74 Å². The molecule has 0 fully saturated rings. The number of aliphatic carboxylic acids is 1. The third kappa shape index (κ3) is 2.16. The number of benzene rings is 1. The lowest BCUT2D eigenvalue weighted by Crippen LogP contribution is -2.26. The van der Waals surface area contributed by atoms with E-state index in [-0.39, 0.29) is 0 Å². The summed E-state index contributed by atoms with van der Waals surface area (Å²) >= 11 is 0. The second-order valence-electron chi connectivity index (χ2n) is 4.91. The number of fused-ring (bicyclic) bond motifs is 1. The lowest BCUT2D eigenvalue weighted by molar-refractivity contribution is -0.146. The minimum atomic E-state index is -0.846. The van der Waals surface area contributed by atoms with Crippen molar-refractivity contribution in [1.82, 2.24) is 9.97 Å². The number of methoxy groups -OCH3 is 1. The lowest BCUT2D eigenvalue weighted by Gasteiger charge is -2.16. The molecule has 5 heteroatoms. The summed E-state index contributed by atoms with van der Waals surface area (Å²) < 4.78 is 5.22. The topological polar surface area (TPSA) is 75.2 Å². The minimum Gasteiger partial charge on any atom is -0.494 e. The molecule has 2 aromatic rings. The van der Waals surface area contributed by atoms with Crippen LogP contribution in [0.1, 0.15) is 19.7 Å². The van der Waals surface area contributed by atoms with Gasteiger partial charge in [-0.25, -0.2) is 4.98 Å². The molecule has 0 saturated carbocycles. The molecule has 0 amide bonds. The molecule has 5 nitrogen and oxygen atoms in total. The van der Waals surface area contributed by atoms with Gasteiger partial charge in [0.1, 0.15) is 17.1 Å². The van der Waals surface area contributed by atoms with E-state index in [1.165, 1.54) is 0 Å². The Bertz CT molecular complexity index is 587. The van der Waals surface area contributed by atoms with E-state index in [1.54, 1.807) is 21.0 Å². The molecule has 1 aromatic carbocycles. The van der Waals surface area contributed by atoms with E-state index in [4.69, 9.17) is 9.84 Å². The van der Waals surface area contributed by atoms with Crippen molar-refractivity contribution in [3.8, 4) is 5.75 Å². The van der Waals surface area contributed by atoms with E-state index in [9.17, 15) is 4.79 Å². The second kappa shape index (κ2) is 4.33. The van der Waals surface area contributed by atoms with E-state index in [1.807, 2.05) is 18.2 Å². The second-order valence-corrected chi connectivity index (χ2v) is 4.91. The Morgan fingerprint density at radius 1 is 1.50 bits per heavy atom. The summed E-state index contributed by atoms with van der Waals surface area (Å²) in [7, 11) is 1.59. The summed E-state index contributed by atoms with van der Waals surface area (Å²) in [5, 5.41) is 9.11. The van der Waals surface area contributed by atoms with Crippen molar-refractivity contribution < 1.29 is 14.6 Å². The number of H-pyrrole nitrogens is 1. The molecule has 0 saturated heterocycles. The fourth-order valence-electron chi connectivity index (χ4n) is 1.80. The van der Waals surface area contributed by atoms with E-state index in [0.29, 0.717) is 18.0 Å². The molecule has 0 spiro atoms. The fourth-order valence-corrected chi connectivity index (χ4v) is 1.80. The van der Waals surface area contributed by atoms with Gasteiger partial charge in [-0.1, -0.05) is 6.07 Å². The first kappa shape index (κ1) is 12.4. The molecule has 1 heterocycles. The maximum atomic E-state index is 11.1. The Morgan fingerprint density at radius 2 is 2.22 bits per heavy atom. The van der Waals surface area contributed by atoms with Gasteiger partial charge in [0.15, 0.2) is 0 Å². The Hall–Kier alpha value is -2.04. The molecular weight excluding hydrogens is 232 g/mol. The molecule has 1 aromatic heterocycles. The Labute approximate surface area is 105 Å². The van der Waals surface area contributed by atoms with Crippen molar-refractivity contribution in [3.63, 3.8) is 0 Å². The normalized spacial score (nSPS) is 11.7. The number of carboxylic acid groups (broad SMARTS) is 1. The van der Waals surface area contributed by atoms with Gasteiger partial charge in [-0.05, 0) is 26.0 Å². The molecule has 0 aliphatic carbocycles. The van der Waals surface area contributed by atoms with Crippen molar-refractivity contribution in [2.45, 2.75) is 20.3 Å². The minimum absolute atomic E-state index is 0.347. The van der Waals surface area contributed by atoms with E-state index < -0.39 is 11.4 Å². The molecular formula is C13H16N2O3. The number of carbonyl (C=O) groups is 1. The number of hydrogen-bond acceptors (Lipinski definition) is 3. The first-order valence-corrected chi connectivity index (χ1v) is 5.69. The van der Waals surface area contributed by atoms with Crippen molar-refractivity contribution in [2.24, 2.45) is 5.41 Å². The Morgan fingerprint density at radius 3 is 2.83 bits per heavy atom. The zero-order valence-corrected chi connectivity index (χ0v) is 10.7. The van der Waals surface area contributed by atoms with Gasteiger partial charge in [0.05, 0.1) is 18.0 Å². The van der Waals surface area contributed by atoms with Crippen LogP contribution in [0.15, 0.2) is 18.2 Å². The summed E-state index contributed by atoms with van der Waals surface area (Å²) in [6, 6.07) is 5.59. The summed E-state index contributed by atoms with van der Waals surface area (Å²) in [5.41, 5.74) is 0.739. The monoisotopic (exact) mass is 248 g/mol. The molecule has 0 bridgehead atoms. The average molecular weight is 248 g/mol. The molecule has 0 unspecified atom stereocenters. The van der Waals surface area contributed by atoms with Gasteiger partial charge in [-0.3, -0.25) is 4.79 Å². The number of nitrogens with zero attached hydrogens (tertiary/aromatic N) is 1. The molecule has 0 aliphatic heterocycles. The molecule has 18 heavy (non-hydrogen) atoms. The summed E-state index contributed by atoms with van der Waals surface area (Å²) in [6.45, 7) is 3.36. The number of aromatic amines is 1. The number of nitrogens with one attached hydrogen (secondary N) is 1. The first-order valence-electron chi connectivity index (χ1n) is 5.69. The number of rotatable bonds is 4. The molecule has 96 valence electrons. The molecule has 2 N–H and O–H groups in total. The summed E-state index contributed by atoms with van der Waals surface area (Å²) in [6.07, 6.45) is 0.347. The highest BCUT2D eigenvalue weighted by molar-refractivity contribution is 5.82. The highest BCUT2D eigenvalue weighted by Crippen LogP contribution is 2.26. The zero-order chi connectivity index (χ0) is 13.3. The van der Waals surface area contributed by atoms with Crippen LogP contribution in [0.3, 0.4) is 0 Å². The predicted molar refractivity (Wildman–Crippen MR) is 67.8 cm³/mol. The van der Waals surface area contributed by atoms with Crippen molar-refractivity contribution in [2.75, 3.05) is 7.11 Å². The van der Waals surface area contributed by atoms with Gasteiger partial charge >= 0.3 is 5.97 Å². The van der Waals surface area contributed by atoms with Crippen LogP contribution in [0, 0.1) is 5.41 Å². The summed E-state index contributed by atoms with van der Waals surface area (Å²) in [4.78, 5) is 18.6. The maximum absolute atomic E-state index is 11.1. The van der Waals surface area contributed by atoms with Gasteiger partial charge in [0, 0.05) is 6.42 Å². The maximum Gasteiger partial charge on any atom is 0.309 e. The number of aromatic nitrogens is 2.